The van der Waals surface area contributed by atoms with Gasteiger partial charge in [-0.05, 0) is 49.2 Å². The van der Waals surface area contributed by atoms with E-state index in [9.17, 15) is 9.59 Å². The molecule has 154 valence electrons. The number of ketones is 1. The Hall–Kier alpha value is -3.60. The molecule has 3 aromatic carbocycles. The van der Waals surface area contributed by atoms with Crippen LogP contribution in [-0.2, 0) is 6.54 Å². The second-order valence-electron chi connectivity index (χ2n) is 7.07. The molecule has 0 saturated carbocycles. The molecule has 0 atom stereocenters. The Labute approximate surface area is 176 Å². The highest BCUT2D eigenvalue weighted by Crippen LogP contribution is 2.27. The number of methoxy groups -OCH3 is 2. The number of aryl methyl sites for hydroxylation is 2. The van der Waals surface area contributed by atoms with Crippen molar-refractivity contribution in [2.75, 3.05) is 14.2 Å². The van der Waals surface area contributed by atoms with Crippen LogP contribution in [0.15, 0.2) is 60.7 Å². The van der Waals surface area contributed by atoms with Crippen LogP contribution in [0.2, 0.25) is 0 Å². The molecule has 0 saturated heterocycles. The fourth-order valence-electron chi connectivity index (χ4n) is 3.27. The normalized spacial score (nSPS) is 10.4. The number of amides is 1. The van der Waals surface area contributed by atoms with Crippen LogP contribution in [0.4, 0.5) is 0 Å². The van der Waals surface area contributed by atoms with Crippen LogP contribution >= 0.6 is 0 Å². The van der Waals surface area contributed by atoms with E-state index in [0.717, 1.165) is 16.7 Å². The molecule has 0 aliphatic carbocycles. The first kappa shape index (κ1) is 21.1. The largest absolute Gasteiger partial charge is 0.493 e. The molecule has 1 N–H and O–H groups in total. The Morgan fingerprint density at radius 3 is 2.20 bits per heavy atom. The molecule has 5 heteroatoms. The molecule has 5 nitrogen and oxygen atoms in total. The predicted octanol–water partition coefficient (Wildman–Crippen LogP) is 4.48. The maximum absolute atomic E-state index is 13.2. The lowest BCUT2D eigenvalue weighted by atomic mass is 9.94. The van der Waals surface area contributed by atoms with Gasteiger partial charge in [0, 0.05) is 17.7 Å². The summed E-state index contributed by atoms with van der Waals surface area (Å²) < 4.78 is 10.5. The van der Waals surface area contributed by atoms with Crippen LogP contribution in [0, 0.1) is 13.8 Å². The van der Waals surface area contributed by atoms with Crippen LogP contribution in [0.25, 0.3) is 0 Å². The van der Waals surface area contributed by atoms with Crippen LogP contribution in [0.3, 0.4) is 0 Å². The van der Waals surface area contributed by atoms with E-state index in [1.165, 1.54) is 0 Å². The SMILES string of the molecule is COc1ccc(CNC(=O)c2ccccc2C(=O)c2cc(C)ccc2C)cc1OC. The Balaban J connectivity index is 1.82. The van der Waals surface area contributed by atoms with Crippen LogP contribution in [0.5, 0.6) is 11.5 Å². The minimum absolute atomic E-state index is 0.159. The van der Waals surface area contributed by atoms with Gasteiger partial charge in [0.2, 0.25) is 0 Å². The third-order valence-corrected chi connectivity index (χ3v) is 4.96. The second-order valence-corrected chi connectivity index (χ2v) is 7.07. The molecule has 0 aliphatic heterocycles. The van der Waals surface area contributed by atoms with Crippen molar-refractivity contribution in [1.29, 1.82) is 0 Å². The third kappa shape index (κ3) is 4.51. The van der Waals surface area contributed by atoms with Gasteiger partial charge in [0.05, 0.1) is 19.8 Å². The fraction of sp³-hybridized carbons (Fsp3) is 0.200. The molecular formula is C25H25NO4. The van der Waals surface area contributed by atoms with Gasteiger partial charge in [-0.1, -0.05) is 42.0 Å². The topological polar surface area (TPSA) is 64.6 Å². The Bertz CT molecular complexity index is 1090. The molecule has 0 fully saturated rings. The van der Waals surface area contributed by atoms with Gasteiger partial charge in [0.25, 0.3) is 5.91 Å². The molecule has 0 radical (unpaired) electrons. The quantitative estimate of drug-likeness (QED) is 0.591. The standard InChI is InChI=1S/C25H25NO4/c1-16-9-10-17(2)21(13-16)24(27)19-7-5-6-8-20(19)25(28)26-15-18-11-12-22(29-3)23(14-18)30-4/h5-14H,15H2,1-4H3,(H,26,28). The number of hydrogen-bond acceptors (Lipinski definition) is 4. The summed E-state index contributed by atoms with van der Waals surface area (Å²) in [6.45, 7) is 4.13. The van der Waals surface area contributed by atoms with Gasteiger partial charge in [-0.15, -0.1) is 0 Å². The summed E-state index contributed by atoms with van der Waals surface area (Å²) in [5.74, 6) is 0.749. The first-order valence-electron chi connectivity index (χ1n) is 9.64. The van der Waals surface area contributed by atoms with E-state index in [1.54, 1.807) is 44.6 Å². The molecule has 0 aromatic heterocycles. The molecule has 3 rings (SSSR count). The highest BCUT2D eigenvalue weighted by Gasteiger charge is 2.19. The van der Waals surface area contributed by atoms with E-state index in [1.807, 2.05) is 44.2 Å². The van der Waals surface area contributed by atoms with E-state index in [0.29, 0.717) is 34.7 Å². The lowest BCUT2D eigenvalue weighted by Crippen LogP contribution is -2.25. The number of carbonyl (C=O) groups is 2. The molecule has 0 aliphatic rings. The van der Waals surface area contributed by atoms with Gasteiger partial charge in [-0.3, -0.25) is 9.59 Å². The number of carbonyl (C=O) groups excluding carboxylic acids is 2. The van der Waals surface area contributed by atoms with Crippen molar-refractivity contribution in [3.63, 3.8) is 0 Å². The van der Waals surface area contributed by atoms with E-state index >= 15 is 0 Å². The minimum atomic E-state index is -0.306. The van der Waals surface area contributed by atoms with Crippen molar-refractivity contribution < 1.29 is 19.1 Å². The third-order valence-electron chi connectivity index (χ3n) is 4.96. The maximum atomic E-state index is 13.2. The van der Waals surface area contributed by atoms with E-state index in [2.05, 4.69) is 5.32 Å². The van der Waals surface area contributed by atoms with Crippen molar-refractivity contribution in [2.45, 2.75) is 20.4 Å². The molecule has 0 unspecified atom stereocenters. The van der Waals surface area contributed by atoms with Gasteiger partial charge in [-0.2, -0.15) is 0 Å². The zero-order valence-corrected chi connectivity index (χ0v) is 17.6. The van der Waals surface area contributed by atoms with E-state index in [4.69, 9.17) is 9.47 Å². The molecular weight excluding hydrogens is 378 g/mol. The van der Waals surface area contributed by atoms with Crippen LogP contribution < -0.4 is 14.8 Å². The van der Waals surface area contributed by atoms with Gasteiger partial charge in [0.15, 0.2) is 17.3 Å². The van der Waals surface area contributed by atoms with E-state index < -0.39 is 0 Å². The summed E-state index contributed by atoms with van der Waals surface area (Å²) >= 11 is 0. The van der Waals surface area contributed by atoms with Crippen LogP contribution in [0.1, 0.15) is 43.0 Å². The molecule has 0 bridgehead atoms. The highest BCUT2D eigenvalue weighted by molar-refractivity contribution is 6.15. The highest BCUT2D eigenvalue weighted by atomic mass is 16.5. The van der Waals surface area contributed by atoms with Crippen LogP contribution in [-0.4, -0.2) is 25.9 Å². The summed E-state index contributed by atoms with van der Waals surface area (Å²) in [7, 11) is 3.14. The smallest absolute Gasteiger partial charge is 0.252 e. The summed E-state index contributed by atoms with van der Waals surface area (Å²) in [6, 6.07) is 18.1. The van der Waals surface area contributed by atoms with Crippen molar-refractivity contribution in [3.05, 3.63) is 94.0 Å². The predicted molar refractivity (Wildman–Crippen MR) is 117 cm³/mol. The lowest BCUT2D eigenvalue weighted by molar-refractivity contribution is 0.0939. The molecule has 1 amide bonds. The average molecular weight is 403 g/mol. The first-order valence-corrected chi connectivity index (χ1v) is 9.64. The monoisotopic (exact) mass is 403 g/mol. The second kappa shape index (κ2) is 9.27. The van der Waals surface area contributed by atoms with Gasteiger partial charge in [0.1, 0.15) is 0 Å². The zero-order valence-electron chi connectivity index (χ0n) is 17.6. The van der Waals surface area contributed by atoms with Crippen molar-refractivity contribution in [3.8, 4) is 11.5 Å². The molecule has 0 heterocycles. The number of rotatable bonds is 7. The summed E-state index contributed by atoms with van der Waals surface area (Å²) in [5.41, 5.74) is 4.08. The Kier molecular flexibility index (Phi) is 6.52. The van der Waals surface area contributed by atoms with Gasteiger partial charge >= 0.3 is 0 Å². The van der Waals surface area contributed by atoms with Crippen molar-refractivity contribution in [2.24, 2.45) is 0 Å². The Morgan fingerprint density at radius 1 is 0.800 bits per heavy atom. The average Bonchev–Trinajstić information content (AvgIpc) is 2.78. The Morgan fingerprint density at radius 2 is 1.50 bits per heavy atom. The maximum Gasteiger partial charge on any atom is 0.252 e. The van der Waals surface area contributed by atoms with Crippen molar-refractivity contribution in [1.82, 2.24) is 5.32 Å². The molecule has 3 aromatic rings. The fourth-order valence-corrected chi connectivity index (χ4v) is 3.27. The summed E-state index contributed by atoms with van der Waals surface area (Å²) in [4.78, 5) is 26.0. The summed E-state index contributed by atoms with van der Waals surface area (Å²) in [5, 5.41) is 2.89. The zero-order chi connectivity index (χ0) is 21.7. The first-order chi connectivity index (χ1) is 14.4. The molecule has 0 spiro atoms. The lowest BCUT2D eigenvalue weighted by Gasteiger charge is -2.13. The van der Waals surface area contributed by atoms with E-state index in [-0.39, 0.29) is 11.7 Å². The van der Waals surface area contributed by atoms with Gasteiger partial charge < -0.3 is 14.8 Å². The van der Waals surface area contributed by atoms with Gasteiger partial charge in [-0.25, -0.2) is 0 Å². The number of hydrogen-bond donors (Lipinski definition) is 1. The number of benzene rings is 3. The number of ether oxygens (including phenoxy) is 2. The van der Waals surface area contributed by atoms with Crippen molar-refractivity contribution >= 4 is 11.7 Å². The minimum Gasteiger partial charge on any atom is -0.493 e. The number of nitrogens with one attached hydrogen (secondary N) is 1. The summed E-state index contributed by atoms with van der Waals surface area (Å²) in [6.07, 6.45) is 0. The molecule has 30 heavy (non-hydrogen) atoms.